The van der Waals surface area contributed by atoms with Crippen molar-refractivity contribution in [1.82, 2.24) is 10.1 Å². The highest BCUT2D eigenvalue weighted by Gasteiger charge is 2.18. The largest absolute Gasteiger partial charge is 0.488 e. The number of anilines is 1. The van der Waals surface area contributed by atoms with E-state index < -0.39 is 0 Å². The number of nitrogens with zero attached hydrogens (tertiary/aromatic N) is 2. The molecule has 6 nitrogen and oxygen atoms in total. The standard InChI is InChI=1S/C22H22FN3O3/c23-16-11-9-15(10-12-16)22-25-21(29-26-22)14-13-20(27)24-18-7-3-4-8-19(18)28-17-5-1-2-6-17/h3-4,7-12,17H,1-2,5-6,13-14H2,(H,24,27). The predicted octanol–water partition coefficient (Wildman–Crippen LogP) is 4.77. The first-order chi connectivity index (χ1) is 14.2. The highest BCUT2D eigenvalue weighted by atomic mass is 19.1. The van der Waals surface area contributed by atoms with Crippen LogP contribution in [-0.4, -0.2) is 22.2 Å². The van der Waals surface area contributed by atoms with Gasteiger partial charge in [-0.05, 0) is 62.1 Å². The molecule has 0 aliphatic heterocycles. The second kappa shape index (κ2) is 8.86. The topological polar surface area (TPSA) is 77.2 Å². The summed E-state index contributed by atoms with van der Waals surface area (Å²) in [5.74, 6) is 0.940. The molecule has 0 bridgehead atoms. The Morgan fingerprint density at radius 3 is 2.69 bits per heavy atom. The number of aromatic nitrogens is 2. The number of rotatable bonds is 7. The monoisotopic (exact) mass is 395 g/mol. The Morgan fingerprint density at radius 1 is 1.14 bits per heavy atom. The van der Waals surface area contributed by atoms with Crippen LogP contribution >= 0.6 is 0 Å². The number of benzene rings is 2. The van der Waals surface area contributed by atoms with E-state index in [4.69, 9.17) is 9.26 Å². The van der Waals surface area contributed by atoms with Crippen LogP contribution in [0, 0.1) is 5.82 Å². The van der Waals surface area contributed by atoms with Gasteiger partial charge in [0.2, 0.25) is 17.6 Å². The average molecular weight is 395 g/mol. The summed E-state index contributed by atoms with van der Waals surface area (Å²) in [6, 6.07) is 13.3. The molecule has 7 heteroatoms. The number of amides is 1. The third-order valence-corrected chi connectivity index (χ3v) is 4.89. The van der Waals surface area contributed by atoms with Gasteiger partial charge < -0.3 is 14.6 Å². The maximum Gasteiger partial charge on any atom is 0.227 e. The van der Waals surface area contributed by atoms with Gasteiger partial charge in [0.1, 0.15) is 11.6 Å². The summed E-state index contributed by atoms with van der Waals surface area (Å²) in [4.78, 5) is 16.7. The number of ether oxygens (including phenoxy) is 1. The molecule has 2 aromatic carbocycles. The Hall–Kier alpha value is -3.22. The molecule has 0 saturated heterocycles. The number of carbonyl (C=O) groups is 1. The Kier molecular flexibility index (Phi) is 5.84. The molecule has 1 fully saturated rings. The number of hydrogen-bond acceptors (Lipinski definition) is 5. The summed E-state index contributed by atoms with van der Waals surface area (Å²) in [5.41, 5.74) is 1.32. The number of hydrogen-bond donors (Lipinski definition) is 1. The molecule has 29 heavy (non-hydrogen) atoms. The molecular weight excluding hydrogens is 373 g/mol. The van der Waals surface area contributed by atoms with Crippen LogP contribution in [0.5, 0.6) is 5.75 Å². The highest BCUT2D eigenvalue weighted by Crippen LogP contribution is 2.29. The fourth-order valence-corrected chi connectivity index (χ4v) is 3.36. The van der Waals surface area contributed by atoms with Crippen molar-refractivity contribution < 1.29 is 18.4 Å². The molecule has 0 spiro atoms. The molecule has 1 saturated carbocycles. The molecular formula is C22H22FN3O3. The van der Waals surface area contributed by atoms with Crippen LogP contribution < -0.4 is 10.1 Å². The van der Waals surface area contributed by atoms with E-state index in [-0.39, 0.29) is 24.2 Å². The number of para-hydroxylation sites is 2. The minimum Gasteiger partial charge on any atom is -0.488 e. The van der Waals surface area contributed by atoms with Gasteiger partial charge in [0.15, 0.2) is 0 Å². The maximum atomic E-state index is 13.0. The van der Waals surface area contributed by atoms with Crippen molar-refractivity contribution in [1.29, 1.82) is 0 Å². The number of aryl methyl sites for hydroxylation is 1. The second-order valence-corrected chi connectivity index (χ2v) is 7.09. The first kappa shape index (κ1) is 19.1. The van der Waals surface area contributed by atoms with E-state index >= 15 is 0 Å². The zero-order valence-electron chi connectivity index (χ0n) is 15.9. The summed E-state index contributed by atoms with van der Waals surface area (Å²) in [5, 5.41) is 6.79. The SMILES string of the molecule is O=C(CCc1nc(-c2ccc(F)cc2)no1)Nc1ccccc1OC1CCCC1. The van der Waals surface area contributed by atoms with E-state index in [1.165, 1.54) is 25.0 Å². The van der Waals surface area contributed by atoms with Gasteiger partial charge in [-0.2, -0.15) is 4.98 Å². The van der Waals surface area contributed by atoms with Gasteiger partial charge in [-0.3, -0.25) is 4.79 Å². The third kappa shape index (κ3) is 4.99. The Labute approximate surface area is 168 Å². The quantitative estimate of drug-likeness (QED) is 0.624. The van der Waals surface area contributed by atoms with E-state index in [0.29, 0.717) is 35.1 Å². The molecule has 0 unspecified atom stereocenters. The van der Waals surface area contributed by atoms with Gasteiger partial charge >= 0.3 is 0 Å². The first-order valence-corrected chi connectivity index (χ1v) is 9.81. The molecule has 4 rings (SSSR count). The van der Waals surface area contributed by atoms with Gasteiger partial charge in [-0.25, -0.2) is 4.39 Å². The maximum absolute atomic E-state index is 13.0. The fraction of sp³-hybridized carbons (Fsp3) is 0.318. The molecule has 150 valence electrons. The van der Waals surface area contributed by atoms with Crippen molar-refractivity contribution >= 4 is 11.6 Å². The smallest absolute Gasteiger partial charge is 0.227 e. The third-order valence-electron chi connectivity index (χ3n) is 4.89. The summed E-state index contributed by atoms with van der Waals surface area (Å²) in [6.07, 6.45) is 5.20. The van der Waals surface area contributed by atoms with Crippen LogP contribution in [0.1, 0.15) is 38.0 Å². The molecule has 0 radical (unpaired) electrons. The zero-order valence-corrected chi connectivity index (χ0v) is 15.9. The molecule has 1 aromatic heterocycles. The summed E-state index contributed by atoms with van der Waals surface area (Å²) in [6.45, 7) is 0. The average Bonchev–Trinajstić information content (AvgIpc) is 3.41. The van der Waals surface area contributed by atoms with Crippen molar-refractivity contribution in [3.05, 3.63) is 60.2 Å². The molecule has 3 aromatic rings. The van der Waals surface area contributed by atoms with Crippen LogP contribution in [-0.2, 0) is 11.2 Å². The van der Waals surface area contributed by atoms with Crippen LogP contribution in [0.2, 0.25) is 0 Å². The molecule has 1 N–H and O–H groups in total. The minimum atomic E-state index is -0.327. The number of nitrogens with one attached hydrogen (secondary N) is 1. The summed E-state index contributed by atoms with van der Waals surface area (Å²) in [7, 11) is 0. The highest BCUT2D eigenvalue weighted by molar-refractivity contribution is 5.92. The fourth-order valence-electron chi connectivity index (χ4n) is 3.36. The van der Waals surface area contributed by atoms with Crippen LogP contribution in [0.4, 0.5) is 10.1 Å². The van der Waals surface area contributed by atoms with E-state index in [1.807, 2.05) is 24.3 Å². The first-order valence-electron chi connectivity index (χ1n) is 9.81. The molecule has 1 aliphatic rings. The van der Waals surface area contributed by atoms with E-state index in [0.717, 1.165) is 12.8 Å². The Balaban J connectivity index is 1.33. The molecule has 1 aliphatic carbocycles. The van der Waals surface area contributed by atoms with Crippen LogP contribution in [0.15, 0.2) is 53.1 Å². The second-order valence-electron chi connectivity index (χ2n) is 7.09. The number of carbonyl (C=O) groups excluding carboxylic acids is 1. The van der Waals surface area contributed by atoms with Gasteiger partial charge in [-0.15, -0.1) is 0 Å². The zero-order chi connectivity index (χ0) is 20.1. The normalized spacial score (nSPS) is 14.1. The Morgan fingerprint density at radius 2 is 1.90 bits per heavy atom. The van der Waals surface area contributed by atoms with E-state index in [1.54, 1.807) is 12.1 Å². The lowest BCUT2D eigenvalue weighted by atomic mass is 10.2. The van der Waals surface area contributed by atoms with E-state index in [9.17, 15) is 9.18 Å². The minimum absolute atomic E-state index is 0.158. The van der Waals surface area contributed by atoms with Crippen molar-refractivity contribution in [3.8, 4) is 17.1 Å². The molecule has 0 atom stereocenters. The van der Waals surface area contributed by atoms with E-state index in [2.05, 4.69) is 15.5 Å². The summed E-state index contributed by atoms with van der Waals surface area (Å²) < 4.78 is 24.3. The van der Waals surface area contributed by atoms with Crippen molar-refractivity contribution in [2.75, 3.05) is 5.32 Å². The lowest BCUT2D eigenvalue weighted by Crippen LogP contribution is -2.16. The number of halogens is 1. The van der Waals surface area contributed by atoms with Gasteiger partial charge in [0.05, 0.1) is 11.8 Å². The van der Waals surface area contributed by atoms with Crippen LogP contribution in [0.3, 0.4) is 0 Å². The van der Waals surface area contributed by atoms with Crippen molar-refractivity contribution in [2.45, 2.75) is 44.6 Å². The van der Waals surface area contributed by atoms with Gasteiger partial charge in [0.25, 0.3) is 0 Å². The lowest BCUT2D eigenvalue weighted by molar-refractivity contribution is -0.116. The summed E-state index contributed by atoms with van der Waals surface area (Å²) >= 11 is 0. The molecule has 1 amide bonds. The molecule has 1 heterocycles. The van der Waals surface area contributed by atoms with Gasteiger partial charge in [-0.1, -0.05) is 17.3 Å². The van der Waals surface area contributed by atoms with Crippen molar-refractivity contribution in [3.63, 3.8) is 0 Å². The lowest BCUT2D eigenvalue weighted by Gasteiger charge is -2.16. The Bertz CT molecular complexity index is 965. The van der Waals surface area contributed by atoms with Gasteiger partial charge in [0, 0.05) is 18.4 Å². The predicted molar refractivity (Wildman–Crippen MR) is 106 cm³/mol. The van der Waals surface area contributed by atoms with Crippen LogP contribution in [0.25, 0.3) is 11.4 Å². The van der Waals surface area contributed by atoms with Crippen molar-refractivity contribution in [2.24, 2.45) is 0 Å².